The van der Waals surface area contributed by atoms with E-state index in [0.29, 0.717) is 6.54 Å². The zero-order valence-corrected chi connectivity index (χ0v) is 13.9. The van der Waals surface area contributed by atoms with E-state index in [2.05, 4.69) is 5.32 Å². The molecule has 23 heavy (non-hydrogen) atoms. The number of carbonyl (C=O) groups is 3. The smallest absolute Gasteiger partial charge is 0.318 e. The number of primary amides is 1. The molecule has 2 fully saturated rings. The highest BCUT2D eigenvalue weighted by atomic mass is 16.2. The summed E-state index contributed by atoms with van der Waals surface area (Å²) in [5, 5.41) is 2.12. The minimum atomic E-state index is -0.837. The van der Waals surface area contributed by atoms with Gasteiger partial charge in [0.25, 0.3) is 0 Å². The van der Waals surface area contributed by atoms with Crippen molar-refractivity contribution in [1.29, 1.82) is 0 Å². The number of hydrogen-bond acceptors (Lipinski definition) is 4. The van der Waals surface area contributed by atoms with Gasteiger partial charge in [0.15, 0.2) is 0 Å². The van der Waals surface area contributed by atoms with Crippen molar-refractivity contribution in [3.05, 3.63) is 0 Å². The molecule has 4 amide bonds. The number of nitrogens with one attached hydrogen (secondary N) is 1. The lowest BCUT2D eigenvalue weighted by atomic mass is 9.95. The van der Waals surface area contributed by atoms with Crippen LogP contribution in [0, 0.1) is 5.92 Å². The van der Waals surface area contributed by atoms with Gasteiger partial charge in [0.1, 0.15) is 0 Å². The fourth-order valence-electron chi connectivity index (χ4n) is 3.50. The Labute approximate surface area is 137 Å². The molecular formula is C16H28N4O3. The predicted octanol–water partition coefficient (Wildman–Crippen LogP) is 0.684. The third kappa shape index (κ3) is 4.92. The van der Waals surface area contributed by atoms with E-state index in [1.807, 2.05) is 9.80 Å². The molecule has 0 bridgehead atoms. The second-order valence-electron chi connectivity index (χ2n) is 6.60. The van der Waals surface area contributed by atoms with Crippen LogP contribution in [0.3, 0.4) is 0 Å². The van der Waals surface area contributed by atoms with E-state index in [1.165, 1.54) is 12.8 Å². The third-order valence-corrected chi connectivity index (χ3v) is 4.89. The van der Waals surface area contributed by atoms with Crippen LogP contribution in [0.2, 0.25) is 0 Å². The molecular weight excluding hydrogens is 296 g/mol. The summed E-state index contributed by atoms with van der Waals surface area (Å²) in [5.74, 6) is -0.231. The summed E-state index contributed by atoms with van der Waals surface area (Å²) in [6.07, 6.45) is 6.32. The van der Waals surface area contributed by atoms with Crippen LogP contribution in [-0.2, 0) is 9.59 Å². The lowest BCUT2D eigenvalue weighted by molar-refractivity contribution is -0.139. The Bertz CT molecular complexity index is 447. The largest absolute Gasteiger partial charge is 0.351 e. The highest BCUT2D eigenvalue weighted by Crippen LogP contribution is 2.22. The van der Waals surface area contributed by atoms with Crippen LogP contribution >= 0.6 is 0 Å². The molecule has 7 heteroatoms. The Kier molecular flexibility index (Phi) is 6.38. The van der Waals surface area contributed by atoms with Crippen LogP contribution in [0.5, 0.6) is 0 Å². The number of nitrogens with zero attached hydrogens (tertiary/aromatic N) is 2. The Morgan fingerprint density at radius 3 is 2.30 bits per heavy atom. The van der Waals surface area contributed by atoms with Gasteiger partial charge < -0.3 is 10.6 Å². The van der Waals surface area contributed by atoms with Crippen molar-refractivity contribution in [2.45, 2.75) is 51.5 Å². The van der Waals surface area contributed by atoms with Gasteiger partial charge in [-0.05, 0) is 39.2 Å². The van der Waals surface area contributed by atoms with E-state index in [0.717, 1.165) is 45.3 Å². The molecule has 2 aliphatic rings. The molecule has 3 N–H and O–H groups in total. The van der Waals surface area contributed by atoms with Gasteiger partial charge in [-0.2, -0.15) is 0 Å². The van der Waals surface area contributed by atoms with Crippen LogP contribution in [0.1, 0.15) is 45.4 Å². The summed E-state index contributed by atoms with van der Waals surface area (Å²) in [6, 6.07) is -1.29. The van der Waals surface area contributed by atoms with Gasteiger partial charge in [0.05, 0.1) is 12.0 Å². The number of amides is 4. The number of nitrogens with two attached hydrogens (primary N) is 1. The van der Waals surface area contributed by atoms with Gasteiger partial charge >= 0.3 is 6.03 Å². The number of carbonyl (C=O) groups excluding carboxylic acids is 3. The monoisotopic (exact) mass is 324 g/mol. The third-order valence-electron chi connectivity index (χ3n) is 4.89. The van der Waals surface area contributed by atoms with E-state index >= 15 is 0 Å². The van der Waals surface area contributed by atoms with Crippen LogP contribution in [0.25, 0.3) is 0 Å². The summed E-state index contributed by atoms with van der Waals surface area (Å²) in [7, 11) is 0. The molecule has 7 nitrogen and oxygen atoms in total. The average molecular weight is 324 g/mol. The molecule has 2 saturated heterocycles. The van der Waals surface area contributed by atoms with Crippen molar-refractivity contribution >= 4 is 17.8 Å². The Morgan fingerprint density at radius 1 is 1.04 bits per heavy atom. The normalized spacial score (nSPS) is 24.6. The summed E-state index contributed by atoms with van der Waals surface area (Å²) in [6.45, 7) is 4.79. The molecule has 2 rings (SSSR count). The van der Waals surface area contributed by atoms with Crippen LogP contribution in [0.15, 0.2) is 0 Å². The first-order valence-corrected chi connectivity index (χ1v) is 8.62. The summed E-state index contributed by atoms with van der Waals surface area (Å²) in [5.41, 5.74) is 5.00. The van der Waals surface area contributed by atoms with E-state index in [4.69, 9.17) is 5.73 Å². The highest BCUT2D eigenvalue weighted by molar-refractivity contribution is 5.96. The van der Waals surface area contributed by atoms with E-state index in [9.17, 15) is 14.4 Å². The first-order chi connectivity index (χ1) is 11.0. The first-order valence-electron chi connectivity index (χ1n) is 8.62. The SMILES string of the molecule is C[C@@H](C(=O)NC(N)=O)N1CCC[C@@H](C(=O)N2CCCCCC2)C1. The van der Waals surface area contributed by atoms with Gasteiger partial charge in [-0.25, -0.2) is 4.79 Å². The van der Waals surface area contributed by atoms with Crippen molar-refractivity contribution in [1.82, 2.24) is 15.1 Å². The number of urea groups is 1. The van der Waals surface area contributed by atoms with Gasteiger partial charge in [-0.1, -0.05) is 12.8 Å². The quantitative estimate of drug-likeness (QED) is 0.798. The maximum absolute atomic E-state index is 12.7. The number of likely N-dealkylation sites (tertiary alicyclic amines) is 2. The van der Waals surface area contributed by atoms with Crippen LogP contribution < -0.4 is 11.1 Å². The van der Waals surface area contributed by atoms with Crippen molar-refractivity contribution in [2.24, 2.45) is 11.7 Å². The maximum Gasteiger partial charge on any atom is 0.318 e. The van der Waals surface area contributed by atoms with Crippen LogP contribution in [0.4, 0.5) is 4.79 Å². The Balaban J connectivity index is 1.92. The molecule has 0 radical (unpaired) electrons. The van der Waals surface area contributed by atoms with Crippen LogP contribution in [-0.4, -0.2) is 59.9 Å². The molecule has 0 aliphatic carbocycles. The van der Waals surface area contributed by atoms with Crippen molar-refractivity contribution in [3.8, 4) is 0 Å². The molecule has 0 unspecified atom stereocenters. The van der Waals surface area contributed by atoms with Crippen molar-refractivity contribution < 1.29 is 14.4 Å². The minimum absolute atomic E-state index is 0.0503. The minimum Gasteiger partial charge on any atom is -0.351 e. The molecule has 2 heterocycles. The Hall–Kier alpha value is -1.63. The second kappa shape index (κ2) is 8.29. The lowest BCUT2D eigenvalue weighted by Gasteiger charge is -2.37. The molecule has 0 spiro atoms. The number of hydrogen-bond donors (Lipinski definition) is 2. The van der Waals surface area contributed by atoms with Gasteiger partial charge in [0.2, 0.25) is 11.8 Å². The number of piperidine rings is 1. The summed E-state index contributed by atoms with van der Waals surface area (Å²) < 4.78 is 0. The van der Waals surface area contributed by atoms with E-state index in [-0.39, 0.29) is 11.8 Å². The highest BCUT2D eigenvalue weighted by Gasteiger charge is 2.33. The molecule has 0 aromatic rings. The predicted molar refractivity (Wildman–Crippen MR) is 86.5 cm³/mol. The molecule has 0 saturated carbocycles. The summed E-state index contributed by atoms with van der Waals surface area (Å²) in [4.78, 5) is 39.5. The second-order valence-corrected chi connectivity index (χ2v) is 6.60. The molecule has 130 valence electrons. The zero-order chi connectivity index (χ0) is 16.8. The van der Waals surface area contributed by atoms with Crippen molar-refractivity contribution in [3.63, 3.8) is 0 Å². The number of imide groups is 1. The first kappa shape index (κ1) is 17.7. The molecule has 0 aromatic carbocycles. The lowest BCUT2D eigenvalue weighted by Crippen LogP contribution is -2.53. The standard InChI is InChI=1S/C16H28N4O3/c1-12(14(21)18-16(17)23)20-10-6-7-13(11-20)15(22)19-8-4-2-3-5-9-19/h12-13H,2-11H2,1H3,(H3,17,18,21,23)/t12-,13+/m0/s1. The average Bonchev–Trinajstić information content (AvgIpc) is 2.82. The molecule has 2 atom stereocenters. The molecule has 0 aromatic heterocycles. The van der Waals surface area contributed by atoms with Gasteiger partial charge in [0, 0.05) is 19.6 Å². The van der Waals surface area contributed by atoms with Crippen molar-refractivity contribution in [2.75, 3.05) is 26.2 Å². The fraction of sp³-hybridized carbons (Fsp3) is 0.812. The van der Waals surface area contributed by atoms with E-state index < -0.39 is 18.0 Å². The van der Waals surface area contributed by atoms with Gasteiger partial charge in [-0.3, -0.25) is 19.8 Å². The maximum atomic E-state index is 12.7. The van der Waals surface area contributed by atoms with E-state index in [1.54, 1.807) is 6.92 Å². The number of rotatable bonds is 3. The fourth-order valence-corrected chi connectivity index (χ4v) is 3.50. The zero-order valence-electron chi connectivity index (χ0n) is 13.9. The topological polar surface area (TPSA) is 95.7 Å². The molecule has 2 aliphatic heterocycles. The Morgan fingerprint density at radius 2 is 1.70 bits per heavy atom. The van der Waals surface area contributed by atoms with Gasteiger partial charge in [-0.15, -0.1) is 0 Å². The summed E-state index contributed by atoms with van der Waals surface area (Å²) >= 11 is 0.